The van der Waals surface area contributed by atoms with Crippen LogP contribution in [0.1, 0.15) is 42.0 Å². The third-order valence-electron chi connectivity index (χ3n) is 3.64. The molecule has 2 aromatic rings. The number of amides is 1. The molecular formula is C15H17N3O3. The molecule has 1 N–H and O–H groups in total. The van der Waals surface area contributed by atoms with Crippen LogP contribution in [0.2, 0.25) is 0 Å². The summed E-state index contributed by atoms with van der Waals surface area (Å²) in [6.45, 7) is 3.03. The number of hydrogen-bond donors (Lipinski definition) is 1. The maximum Gasteiger partial charge on any atom is 0.259 e. The minimum Gasteiger partial charge on any atom is -0.385 e. The van der Waals surface area contributed by atoms with Gasteiger partial charge in [-0.15, -0.1) is 0 Å². The number of aliphatic hydroxyl groups excluding tert-OH is 1. The van der Waals surface area contributed by atoms with Crippen molar-refractivity contribution in [1.29, 1.82) is 0 Å². The van der Waals surface area contributed by atoms with Gasteiger partial charge in [-0.1, -0.05) is 5.16 Å². The number of nitrogens with zero attached hydrogens (tertiary/aromatic N) is 3. The Morgan fingerprint density at radius 2 is 2.19 bits per heavy atom. The minimum atomic E-state index is -0.885. The highest BCUT2D eigenvalue weighted by Crippen LogP contribution is 2.30. The third-order valence-corrected chi connectivity index (χ3v) is 3.64. The molecule has 1 saturated heterocycles. The van der Waals surface area contributed by atoms with Gasteiger partial charge < -0.3 is 14.5 Å². The lowest BCUT2D eigenvalue weighted by atomic mass is 10.0. The Hall–Kier alpha value is -2.21. The maximum absolute atomic E-state index is 12.7. The molecule has 1 aliphatic heterocycles. The zero-order chi connectivity index (χ0) is 14.8. The summed E-state index contributed by atoms with van der Waals surface area (Å²) in [5.74, 6) is 0.0780. The molecule has 0 unspecified atom stereocenters. The second-order valence-corrected chi connectivity index (χ2v) is 5.19. The van der Waals surface area contributed by atoms with Gasteiger partial charge in [-0.05, 0) is 31.9 Å². The van der Waals surface area contributed by atoms with Gasteiger partial charge in [-0.3, -0.25) is 9.78 Å². The van der Waals surface area contributed by atoms with Crippen molar-refractivity contribution in [2.24, 2.45) is 0 Å². The predicted octanol–water partition coefficient (Wildman–Crippen LogP) is 2.03. The van der Waals surface area contributed by atoms with Gasteiger partial charge in [-0.25, -0.2) is 0 Å². The quantitative estimate of drug-likeness (QED) is 0.934. The highest BCUT2D eigenvalue weighted by atomic mass is 16.5. The first kappa shape index (κ1) is 13.8. The smallest absolute Gasteiger partial charge is 0.259 e. The van der Waals surface area contributed by atoms with Gasteiger partial charge in [-0.2, -0.15) is 0 Å². The highest BCUT2D eigenvalue weighted by Gasteiger charge is 2.30. The van der Waals surface area contributed by atoms with E-state index >= 15 is 0 Å². The zero-order valence-electron chi connectivity index (χ0n) is 11.8. The molecule has 1 amide bonds. The molecule has 3 rings (SSSR count). The molecule has 0 aliphatic carbocycles. The van der Waals surface area contributed by atoms with Crippen LogP contribution in [0.3, 0.4) is 0 Å². The Morgan fingerprint density at radius 3 is 2.81 bits per heavy atom. The van der Waals surface area contributed by atoms with Crippen LogP contribution >= 0.6 is 0 Å². The molecule has 110 valence electrons. The van der Waals surface area contributed by atoms with Crippen molar-refractivity contribution < 1.29 is 14.4 Å². The van der Waals surface area contributed by atoms with Crippen molar-refractivity contribution >= 4 is 5.91 Å². The van der Waals surface area contributed by atoms with Crippen LogP contribution in [0.25, 0.3) is 11.3 Å². The van der Waals surface area contributed by atoms with Gasteiger partial charge in [0.2, 0.25) is 0 Å². The number of aromatic nitrogens is 2. The normalized spacial score (nSPS) is 16.2. The molecule has 6 heteroatoms. The van der Waals surface area contributed by atoms with E-state index < -0.39 is 6.10 Å². The van der Waals surface area contributed by atoms with Crippen molar-refractivity contribution in [2.45, 2.75) is 25.9 Å². The van der Waals surface area contributed by atoms with Crippen LogP contribution in [-0.2, 0) is 0 Å². The Labute approximate surface area is 122 Å². The van der Waals surface area contributed by atoms with Crippen molar-refractivity contribution in [3.8, 4) is 11.3 Å². The minimum absolute atomic E-state index is 0.136. The molecule has 0 bridgehead atoms. The first-order chi connectivity index (χ1) is 10.2. The van der Waals surface area contributed by atoms with E-state index in [-0.39, 0.29) is 11.7 Å². The van der Waals surface area contributed by atoms with Crippen LogP contribution in [0, 0.1) is 0 Å². The molecule has 0 aromatic carbocycles. The number of likely N-dealkylation sites (tertiary alicyclic amines) is 1. The summed E-state index contributed by atoms with van der Waals surface area (Å²) >= 11 is 0. The largest absolute Gasteiger partial charge is 0.385 e. The third kappa shape index (κ3) is 2.54. The summed E-state index contributed by atoms with van der Waals surface area (Å²) in [7, 11) is 0. The number of aliphatic hydroxyl groups is 1. The van der Waals surface area contributed by atoms with Crippen molar-refractivity contribution in [2.75, 3.05) is 13.1 Å². The SMILES string of the molecule is C[C@H](O)c1onc(-c2cccnc2)c1C(=O)N1CCCC1. The first-order valence-electron chi connectivity index (χ1n) is 7.06. The summed E-state index contributed by atoms with van der Waals surface area (Å²) in [6, 6.07) is 3.59. The number of pyridine rings is 1. The molecule has 21 heavy (non-hydrogen) atoms. The highest BCUT2D eigenvalue weighted by molar-refractivity contribution is 6.01. The van der Waals surface area contributed by atoms with Gasteiger partial charge in [0.1, 0.15) is 17.4 Å². The Balaban J connectivity index is 2.07. The molecule has 2 aromatic heterocycles. The lowest BCUT2D eigenvalue weighted by molar-refractivity contribution is 0.0781. The van der Waals surface area contributed by atoms with E-state index in [9.17, 15) is 9.90 Å². The lowest BCUT2D eigenvalue weighted by Crippen LogP contribution is -2.28. The van der Waals surface area contributed by atoms with Gasteiger partial charge in [0.25, 0.3) is 5.91 Å². The topological polar surface area (TPSA) is 79.5 Å². The number of carbonyl (C=O) groups is 1. The fourth-order valence-electron chi connectivity index (χ4n) is 2.57. The van der Waals surface area contributed by atoms with E-state index in [0.717, 1.165) is 25.9 Å². The van der Waals surface area contributed by atoms with Crippen LogP contribution in [0.5, 0.6) is 0 Å². The van der Waals surface area contributed by atoms with Crippen LogP contribution in [-0.4, -0.2) is 39.1 Å². The van der Waals surface area contributed by atoms with E-state index in [0.29, 0.717) is 16.8 Å². The number of rotatable bonds is 3. The molecule has 1 atom stereocenters. The fourth-order valence-corrected chi connectivity index (χ4v) is 2.57. The summed E-state index contributed by atoms with van der Waals surface area (Å²) < 4.78 is 5.22. The van der Waals surface area contributed by atoms with E-state index in [2.05, 4.69) is 10.1 Å². The van der Waals surface area contributed by atoms with Gasteiger partial charge in [0.05, 0.1) is 0 Å². The molecular weight excluding hydrogens is 270 g/mol. The second-order valence-electron chi connectivity index (χ2n) is 5.19. The molecule has 0 spiro atoms. The average molecular weight is 287 g/mol. The molecule has 6 nitrogen and oxygen atoms in total. The van der Waals surface area contributed by atoms with Gasteiger partial charge in [0, 0.05) is 31.0 Å². The molecule has 3 heterocycles. The molecule has 0 saturated carbocycles. The van der Waals surface area contributed by atoms with E-state index in [1.165, 1.54) is 0 Å². The van der Waals surface area contributed by atoms with Gasteiger partial charge >= 0.3 is 0 Å². The van der Waals surface area contributed by atoms with E-state index in [1.54, 1.807) is 30.3 Å². The Bertz CT molecular complexity index is 631. The molecule has 0 radical (unpaired) electrons. The van der Waals surface area contributed by atoms with E-state index in [1.807, 2.05) is 6.07 Å². The number of hydrogen-bond acceptors (Lipinski definition) is 5. The van der Waals surface area contributed by atoms with Crippen molar-refractivity contribution in [3.05, 3.63) is 35.9 Å². The number of carbonyl (C=O) groups excluding carboxylic acids is 1. The standard InChI is InChI=1S/C15H17N3O3/c1-10(19)14-12(15(20)18-7-2-3-8-18)13(17-21-14)11-5-4-6-16-9-11/h4-6,9-10,19H,2-3,7-8H2,1H3/t10-/m0/s1. The summed E-state index contributed by atoms with van der Waals surface area (Å²) in [6.07, 6.45) is 4.41. The average Bonchev–Trinajstić information content (AvgIpc) is 3.17. The van der Waals surface area contributed by atoms with Crippen LogP contribution < -0.4 is 0 Å². The molecule has 1 aliphatic rings. The summed E-state index contributed by atoms with van der Waals surface area (Å²) in [5, 5.41) is 13.8. The summed E-state index contributed by atoms with van der Waals surface area (Å²) in [4.78, 5) is 18.5. The van der Waals surface area contributed by atoms with Gasteiger partial charge in [0.15, 0.2) is 5.76 Å². The van der Waals surface area contributed by atoms with Crippen LogP contribution in [0.4, 0.5) is 0 Å². The predicted molar refractivity (Wildman–Crippen MR) is 75.5 cm³/mol. The van der Waals surface area contributed by atoms with Crippen molar-refractivity contribution in [1.82, 2.24) is 15.0 Å². The summed E-state index contributed by atoms with van der Waals surface area (Å²) in [5.41, 5.74) is 1.49. The monoisotopic (exact) mass is 287 g/mol. The Kier molecular flexibility index (Phi) is 3.70. The maximum atomic E-state index is 12.7. The Morgan fingerprint density at radius 1 is 1.43 bits per heavy atom. The zero-order valence-corrected chi connectivity index (χ0v) is 11.8. The van der Waals surface area contributed by atoms with Crippen molar-refractivity contribution in [3.63, 3.8) is 0 Å². The lowest BCUT2D eigenvalue weighted by Gasteiger charge is -2.16. The van der Waals surface area contributed by atoms with E-state index in [4.69, 9.17) is 4.52 Å². The van der Waals surface area contributed by atoms with Crippen LogP contribution in [0.15, 0.2) is 29.0 Å². The molecule has 1 fully saturated rings. The fraction of sp³-hybridized carbons (Fsp3) is 0.400. The first-order valence-corrected chi connectivity index (χ1v) is 7.06. The second kappa shape index (κ2) is 5.65.